The van der Waals surface area contributed by atoms with E-state index in [1.807, 2.05) is 0 Å². The van der Waals surface area contributed by atoms with Gasteiger partial charge in [0.15, 0.2) is 0 Å². The van der Waals surface area contributed by atoms with E-state index < -0.39 is 0 Å². The Morgan fingerprint density at radius 2 is 2.06 bits per heavy atom. The average Bonchev–Trinajstić information content (AvgIpc) is 3.12. The fourth-order valence-electron chi connectivity index (χ4n) is 3.32. The van der Waals surface area contributed by atoms with Gasteiger partial charge >= 0.3 is 0 Å². The van der Waals surface area contributed by atoms with Crippen molar-refractivity contribution < 1.29 is 9.26 Å². The molecule has 3 saturated heterocycles. The van der Waals surface area contributed by atoms with E-state index in [-0.39, 0.29) is 0 Å². The maximum atomic E-state index is 5.83. The van der Waals surface area contributed by atoms with Gasteiger partial charge in [-0.05, 0) is 37.3 Å². The number of hydrogen-bond donors (Lipinski definition) is 0. The fourth-order valence-corrected chi connectivity index (χ4v) is 3.32. The number of ether oxygens (including phenoxy) is 1. The van der Waals surface area contributed by atoms with Gasteiger partial charge in [0, 0.05) is 13.1 Å². The van der Waals surface area contributed by atoms with Crippen molar-refractivity contribution >= 4 is 5.95 Å². The van der Waals surface area contributed by atoms with Crippen molar-refractivity contribution in [1.29, 1.82) is 0 Å². The predicted molar refractivity (Wildman–Crippen MR) is 61.0 cm³/mol. The van der Waals surface area contributed by atoms with E-state index >= 15 is 0 Å². The van der Waals surface area contributed by atoms with Gasteiger partial charge in [-0.25, -0.2) is 0 Å². The fraction of sp³-hybridized carbons (Fsp3) is 0.833. The highest BCUT2D eigenvalue weighted by Gasteiger charge is 2.44. The molecule has 0 aromatic carbocycles. The summed E-state index contributed by atoms with van der Waals surface area (Å²) in [5, 5.41) is 4.11. The van der Waals surface area contributed by atoms with Gasteiger partial charge in [-0.2, -0.15) is 4.98 Å². The van der Waals surface area contributed by atoms with E-state index in [0.29, 0.717) is 18.1 Å². The normalized spacial score (nSPS) is 36.0. The molecule has 0 saturated carbocycles. The smallest absolute Gasteiger partial charge is 0.266 e. The van der Waals surface area contributed by atoms with Crippen molar-refractivity contribution in [2.75, 3.05) is 18.0 Å². The molecule has 92 valence electrons. The lowest BCUT2D eigenvalue weighted by atomic mass is 9.89. The zero-order valence-electron chi connectivity index (χ0n) is 9.84. The molecule has 0 aliphatic carbocycles. The van der Waals surface area contributed by atoms with Crippen LogP contribution in [0.3, 0.4) is 0 Å². The second-order valence-electron chi connectivity index (χ2n) is 5.34. The Bertz CT molecular complexity index is 414. The van der Waals surface area contributed by atoms with Crippen LogP contribution in [0, 0.1) is 0 Å². The van der Waals surface area contributed by atoms with Gasteiger partial charge in [-0.1, -0.05) is 0 Å². The molecule has 3 aliphatic heterocycles. The highest BCUT2D eigenvalue weighted by atomic mass is 16.5. The summed E-state index contributed by atoms with van der Waals surface area (Å²) in [5.74, 6) is 1.91. The van der Waals surface area contributed by atoms with E-state index in [4.69, 9.17) is 9.26 Å². The number of nitrogens with zero attached hydrogens (tertiary/aromatic N) is 3. The number of fused-ring (bicyclic) bond motifs is 2. The first kappa shape index (κ1) is 9.88. The second kappa shape index (κ2) is 3.70. The van der Waals surface area contributed by atoms with Crippen LogP contribution in [0.1, 0.15) is 43.9 Å². The van der Waals surface area contributed by atoms with Crippen molar-refractivity contribution in [3.63, 3.8) is 0 Å². The molecule has 1 aromatic rings. The van der Waals surface area contributed by atoms with Crippen molar-refractivity contribution in [2.45, 2.75) is 50.2 Å². The van der Waals surface area contributed by atoms with E-state index in [2.05, 4.69) is 15.0 Å². The minimum Gasteiger partial charge on any atom is -0.374 e. The molecule has 1 aromatic heterocycles. The summed E-state index contributed by atoms with van der Waals surface area (Å²) < 4.78 is 11.3. The first-order valence-electron chi connectivity index (χ1n) is 6.64. The first-order chi connectivity index (χ1) is 8.40. The number of hydrogen-bond acceptors (Lipinski definition) is 5. The summed E-state index contributed by atoms with van der Waals surface area (Å²) in [6.07, 6.45) is 6.65. The topological polar surface area (TPSA) is 51.4 Å². The monoisotopic (exact) mass is 235 g/mol. The Kier molecular flexibility index (Phi) is 2.15. The lowest BCUT2D eigenvalue weighted by molar-refractivity contribution is 0.0974. The Labute approximate surface area is 100 Å². The Morgan fingerprint density at radius 1 is 1.18 bits per heavy atom. The van der Waals surface area contributed by atoms with Gasteiger partial charge in [-0.15, -0.1) is 0 Å². The van der Waals surface area contributed by atoms with Crippen molar-refractivity contribution in [1.82, 2.24) is 10.1 Å². The van der Waals surface area contributed by atoms with Crippen molar-refractivity contribution in [3.05, 3.63) is 5.89 Å². The predicted octanol–water partition coefficient (Wildman–Crippen LogP) is 1.70. The van der Waals surface area contributed by atoms with E-state index in [9.17, 15) is 0 Å². The van der Waals surface area contributed by atoms with Crippen LogP contribution in [-0.4, -0.2) is 35.4 Å². The third-order valence-corrected chi connectivity index (χ3v) is 4.24. The molecule has 4 rings (SSSR count). The highest BCUT2D eigenvalue weighted by molar-refractivity contribution is 5.29. The molecular formula is C12H17N3O2. The van der Waals surface area contributed by atoms with Gasteiger partial charge in [0.05, 0.1) is 18.1 Å². The van der Waals surface area contributed by atoms with Crippen LogP contribution in [-0.2, 0) is 4.74 Å². The quantitative estimate of drug-likeness (QED) is 0.781. The van der Waals surface area contributed by atoms with Gasteiger partial charge in [-0.3, -0.25) is 0 Å². The second-order valence-corrected chi connectivity index (χ2v) is 5.34. The molecule has 0 radical (unpaired) electrons. The van der Waals surface area contributed by atoms with Gasteiger partial charge in [0.2, 0.25) is 5.89 Å². The Balaban J connectivity index is 1.54. The standard InChI is InChI=1S/C12H17N3O2/c1-2-6-15(5-1)12-13-11(17-14-12)9-7-8-3-4-10(9)16-8/h8-10H,1-7H2/t8-,9-,10+/m1/s1. The third-order valence-electron chi connectivity index (χ3n) is 4.24. The van der Waals surface area contributed by atoms with Crippen LogP contribution in [0.25, 0.3) is 0 Å². The maximum absolute atomic E-state index is 5.83. The molecular weight excluding hydrogens is 218 g/mol. The maximum Gasteiger partial charge on any atom is 0.266 e. The minimum absolute atomic E-state index is 0.326. The molecule has 0 amide bonds. The van der Waals surface area contributed by atoms with Crippen molar-refractivity contribution in [2.24, 2.45) is 0 Å². The molecule has 4 heterocycles. The van der Waals surface area contributed by atoms with Crippen LogP contribution in [0.15, 0.2) is 4.52 Å². The van der Waals surface area contributed by atoms with E-state index in [1.54, 1.807) is 0 Å². The number of anilines is 1. The van der Waals surface area contributed by atoms with Crippen LogP contribution >= 0.6 is 0 Å². The van der Waals surface area contributed by atoms with Crippen LogP contribution < -0.4 is 4.90 Å². The summed E-state index contributed by atoms with van der Waals surface area (Å²) >= 11 is 0. The van der Waals surface area contributed by atoms with Gasteiger partial charge in [0.1, 0.15) is 0 Å². The van der Waals surface area contributed by atoms with Gasteiger partial charge < -0.3 is 14.2 Å². The van der Waals surface area contributed by atoms with E-state index in [0.717, 1.165) is 37.8 Å². The molecule has 3 fully saturated rings. The summed E-state index contributed by atoms with van der Waals surface area (Å²) in [6.45, 7) is 2.12. The Morgan fingerprint density at radius 3 is 2.76 bits per heavy atom. The molecule has 3 aliphatic rings. The lowest BCUT2D eigenvalue weighted by Crippen LogP contribution is -2.19. The van der Waals surface area contributed by atoms with E-state index in [1.165, 1.54) is 19.3 Å². The average molecular weight is 235 g/mol. The van der Waals surface area contributed by atoms with Gasteiger partial charge in [0.25, 0.3) is 5.95 Å². The zero-order chi connectivity index (χ0) is 11.2. The van der Waals surface area contributed by atoms with Crippen LogP contribution in [0.5, 0.6) is 0 Å². The summed E-state index contributed by atoms with van der Waals surface area (Å²) in [4.78, 5) is 6.77. The van der Waals surface area contributed by atoms with Crippen LogP contribution in [0.4, 0.5) is 5.95 Å². The molecule has 0 spiro atoms. The molecule has 0 unspecified atom stereocenters. The summed E-state index contributed by atoms with van der Waals surface area (Å²) in [6, 6.07) is 0. The summed E-state index contributed by atoms with van der Waals surface area (Å²) in [5.41, 5.74) is 0. The summed E-state index contributed by atoms with van der Waals surface area (Å²) in [7, 11) is 0. The lowest BCUT2D eigenvalue weighted by Gasteiger charge is -2.14. The molecule has 17 heavy (non-hydrogen) atoms. The first-order valence-corrected chi connectivity index (χ1v) is 6.64. The molecule has 0 N–H and O–H groups in total. The molecule has 5 nitrogen and oxygen atoms in total. The number of aromatic nitrogens is 2. The Hall–Kier alpha value is -1.10. The molecule has 2 bridgehead atoms. The zero-order valence-corrected chi connectivity index (χ0v) is 9.84. The third kappa shape index (κ3) is 1.56. The number of rotatable bonds is 2. The molecule has 3 atom stereocenters. The minimum atomic E-state index is 0.326. The SMILES string of the molecule is C1CCN(c2noc([C@@H]3C[C@H]4CC[C@@H]3O4)n2)C1. The van der Waals surface area contributed by atoms with Crippen molar-refractivity contribution in [3.8, 4) is 0 Å². The largest absolute Gasteiger partial charge is 0.374 e. The molecule has 5 heteroatoms. The highest BCUT2D eigenvalue weighted by Crippen LogP contribution is 2.44. The van der Waals surface area contributed by atoms with Crippen LogP contribution in [0.2, 0.25) is 0 Å².